The zero-order valence-electron chi connectivity index (χ0n) is 28.4. The van der Waals surface area contributed by atoms with Gasteiger partial charge < -0.3 is 20.1 Å². The Balaban J connectivity index is 1.36. The standard InChI is InChI=1S/C38H45N3O7/c1-37(2,3)48-35(45)27(16-19-41-33(43)29-21-25-10-6-7-11-26(25)22-30(29)34(41)44)23-38(17-8-9-18-38)36(46)40-31(32(42)39-4)20-24-12-14-28(47-5)15-13-24/h6-7,10-15,21-22,27,31H,8-9,16-20,23H2,1-5H3,(H,39,42)(H,40,46). The number of fused-ring (bicyclic) bond motifs is 2. The van der Waals surface area contributed by atoms with Crippen LogP contribution >= 0.6 is 0 Å². The normalized spacial score (nSPS) is 16.7. The van der Waals surface area contributed by atoms with Gasteiger partial charge in [0.1, 0.15) is 17.4 Å². The van der Waals surface area contributed by atoms with Crippen LogP contribution in [0.3, 0.4) is 0 Å². The summed E-state index contributed by atoms with van der Waals surface area (Å²) in [5.74, 6) is -1.97. The first-order valence-corrected chi connectivity index (χ1v) is 16.6. The topological polar surface area (TPSA) is 131 Å². The number of esters is 1. The Morgan fingerprint density at radius 2 is 1.50 bits per heavy atom. The Labute approximate surface area is 281 Å². The first-order valence-electron chi connectivity index (χ1n) is 16.6. The number of amides is 4. The van der Waals surface area contributed by atoms with Crippen molar-refractivity contribution in [2.75, 3.05) is 20.7 Å². The van der Waals surface area contributed by atoms with Gasteiger partial charge >= 0.3 is 5.97 Å². The predicted octanol–water partition coefficient (Wildman–Crippen LogP) is 5.22. The highest BCUT2D eigenvalue weighted by molar-refractivity contribution is 6.23. The highest BCUT2D eigenvalue weighted by atomic mass is 16.6. The van der Waals surface area contributed by atoms with Gasteiger partial charge in [-0.3, -0.25) is 28.9 Å². The summed E-state index contributed by atoms with van der Waals surface area (Å²) in [5.41, 5.74) is -0.162. The number of hydrogen-bond donors (Lipinski definition) is 2. The number of hydrogen-bond acceptors (Lipinski definition) is 7. The Morgan fingerprint density at radius 3 is 2.02 bits per heavy atom. The third kappa shape index (κ3) is 7.53. The number of carbonyl (C=O) groups excluding carboxylic acids is 5. The van der Waals surface area contributed by atoms with Crippen molar-refractivity contribution in [2.24, 2.45) is 11.3 Å². The largest absolute Gasteiger partial charge is 0.497 e. The van der Waals surface area contributed by atoms with Crippen molar-refractivity contribution >= 4 is 40.4 Å². The van der Waals surface area contributed by atoms with Gasteiger partial charge in [-0.15, -0.1) is 0 Å². The molecular weight excluding hydrogens is 610 g/mol. The van der Waals surface area contributed by atoms with Crippen molar-refractivity contribution in [2.45, 2.75) is 77.4 Å². The summed E-state index contributed by atoms with van der Waals surface area (Å²) in [6, 6.07) is 17.5. The van der Waals surface area contributed by atoms with E-state index in [4.69, 9.17) is 9.47 Å². The quantitative estimate of drug-likeness (QED) is 0.202. The van der Waals surface area contributed by atoms with Crippen LogP contribution in [0.25, 0.3) is 10.8 Å². The average Bonchev–Trinajstić information content (AvgIpc) is 3.63. The van der Waals surface area contributed by atoms with Crippen LogP contribution in [-0.2, 0) is 25.5 Å². The van der Waals surface area contributed by atoms with E-state index >= 15 is 0 Å². The van der Waals surface area contributed by atoms with Crippen molar-refractivity contribution in [3.63, 3.8) is 0 Å². The van der Waals surface area contributed by atoms with Crippen LogP contribution in [0.15, 0.2) is 60.7 Å². The molecule has 2 aliphatic rings. The molecule has 0 saturated heterocycles. The van der Waals surface area contributed by atoms with Gasteiger partial charge in [0, 0.05) is 20.0 Å². The lowest BCUT2D eigenvalue weighted by Crippen LogP contribution is -2.52. The number of rotatable bonds is 12. The van der Waals surface area contributed by atoms with Gasteiger partial charge in [0.15, 0.2) is 0 Å². The summed E-state index contributed by atoms with van der Waals surface area (Å²) >= 11 is 0. The number of benzene rings is 3. The second-order valence-corrected chi connectivity index (χ2v) is 13.9. The van der Waals surface area contributed by atoms with Gasteiger partial charge in [0.05, 0.1) is 29.6 Å². The maximum atomic E-state index is 14.2. The van der Waals surface area contributed by atoms with Gasteiger partial charge in [-0.05, 0) is 87.1 Å². The number of ether oxygens (including phenoxy) is 2. The molecule has 48 heavy (non-hydrogen) atoms. The maximum absolute atomic E-state index is 14.2. The molecule has 1 aliphatic heterocycles. The molecule has 1 saturated carbocycles. The maximum Gasteiger partial charge on any atom is 0.309 e. The zero-order chi connectivity index (χ0) is 34.6. The van der Waals surface area contributed by atoms with Crippen molar-refractivity contribution in [3.8, 4) is 5.75 Å². The van der Waals surface area contributed by atoms with Crippen molar-refractivity contribution in [3.05, 3.63) is 77.4 Å². The number of nitrogens with one attached hydrogen (secondary N) is 2. The fourth-order valence-corrected chi connectivity index (χ4v) is 6.89. The minimum absolute atomic E-state index is 0.00261. The molecule has 0 spiro atoms. The van der Waals surface area contributed by atoms with Crippen LogP contribution in [0.4, 0.5) is 0 Å². The molecule has 0 radical (unpaired) electrons. The molecule has 10 nitrogen and oxygen atoms in total. The average molecular weight is 656 g/mol. The lowest BCUT2D eigenvalue weighted by Gasteiger charge is -2.34. The van der Waals surface area contributed by atoms with Crippen LogP contribution < -0.4 is 15.4 Å². The summed E-state index contributed by atoms with van der Waals surface area (Å²) in [6.45, 7) is 5.34. The lowest BCUT2D eigenvalue weighted by molar-refractivity contribution is -0.162. The Morgan fingerprint density at radius 1 is 0.917 bits per heavy atom. The molecule has 3 aromatic rings. The molecule has 254 valence electrons. The minimum atomic E-state index is -0.923. The molecule has 2 atom stereocenters. The molecule has 0 bridgehead atoms. The number of nitrogens with zero attached hydrogens (tertiary/aromatic N) is 1. The third-order valence-corrected chi connectivity index (χ3v) is 9.42. The molecule has 10 heteroatoms. The van der Waals surface area contributed by atoms with Gasteiger partial charge in [0.25, 0.3) is 11.8 Å². The summed E-state index contributed by atoms with van der Waals surface area (Å²) in [7, 11) is 3.11. The number of likely N-dealkylation sites (N-methyl/N-ethyl adjacent to an activating group) is 1. The minimum Gasteiger partial charge on any atom is -0.497 e. The molecule has 1 fully saturated rings. The number of methoxy groups -OCH3 is 1. The summed E-state index contributed by atoms with van der Waals surface area (Å²) in [4.78, 5) is 69.0. The highest BCUT2D eigenvalue weighted by Gasteiger charge is 2.46. The first-order chi connectivity index (χ1) is 22.8. The van der Waals surface area contributed by atoms with Crippen LogP contribution in [0.5, 0.6) is 5.75 Å². The molecule has 4 amide bonds. The summed E-state index contributed by atoms with van der Waals surface area (Å²) < 4.78 is 11.1. The SMILES string of the molecule is CNC(=O)C(Cc1ccc(OC)cc1)NC(=O)C1(CC(CCN2C(=O)c3cc4ccccc4cc3C2=O)C(=O)OC(C)(C)C)CCCC1. The lowest BCUT2D eigenvalue weighted by atomic mass is 9.75. The van der Waals surface area contributed by atoms with E-state index < -0.39 is 40.8 Å². The second-order valence-electron chi connectivity index (χ2n) is 13.9. The van der Waals surface area contributed by atoms with Crippen LogP contribution in [0.2, 0.25) is 0 Å². The molecule has 2 unspecified atom stereocenters. The summed E-state index contributed by atoms with van der Waals surface area (Å²) in [6.07, 6.45) is 3.26. The van der Waals surface area contributed by atoms with Crippen molar-refractivity contribution in [1.82, 2.24) is 15.5 Å². The Bertz CT molecular complexity index is 1650. The van der Waals surface area contributed by atoms with E-state index in [0.29, 0.717) is 29.7 Å². The first kappa shape index (κ1) is 34.6. The van der Waals surface area contributed by atoms with E-state index in [0.717, 1.165) is 29.2 Å². The van der Waals surface area contributed by atoms with Gasteiger partial charge in [0.2, 0.25) is 11.8 Å². The predicted molar refractivity (Wildman–Crippen MR) is 181 cm³/mol. The smallest absolute Gasteiger partial charge is 0.309 e. The van der Waals surface area contributed by atoms with Crippen LogP contribution in [0.1, 0.15) is 85.6 Å². The molecule has 1 heterocycles. The number of imide groups is 1. The van der Waals surface area contributed by atoms with Gasteiger partial charge in [-0.1, -0.05) is 49.2 Å². The van der Waals surface area contributed by atoms with Crippen LogP contribution in [0, 0.1) is 11.3 Å². The fraction of sp³-hybridized carbons (Fsp3) is 0.447. The van der Waals surface area contributed by atoms with E-state index in [2.05, 4.69) is 10.6 Å². The molecule has 3 aromatic carbocycles. The molecular formula is C38H45N3O7. The molecule has 2 N–H and O–H groups in total. The Hall–Kier alpha value is -4.73. The third-order valence-electron chi connectivity index (χ3n) is 9.42. The van der Waals surface area contributed by atoms with Crippen LogP contribution in [-0.4, -0.2) is 66.8 Å². The summed E-state index contributed by atoms with van der Waals surface area (Å²) in [5, 5.41) is 7.39. The van der Waals surface area contributed by atoms with E-state index in [-0.39, 0.29) is 37.6 Å². The van der Waals surface area contributed by atoms with Gasteiger partial charge in [-0.25, -0.2) is 0 Å². The second kappa shape index (κ2) is 14.2. The Kier molecular flexibility index (Phi) is 10.2. The molecule has 1 aliphatic carbocycles. The van der Waals surface area contributed by atoms with Crippen molar-refractivity contribution < 1.29 is 33.4 Å². The van der Waals surface area contributed by atoms with Gasteiger partial charge in [-0.2, -0.15) is 0 Å². The van der Waals surface area contributed by atoms with E-state index in [1.807, 2.05) is 36.4 Å². The highest BCUT2D eigenvalue weighted by Crippen LogP contribution is 2.45. The fourth-order valence-electron chi connectivity index (χ4n) is 6.89. The molecule has 0 aromatic heterocycles. The van der Waals surface area contributed by atoms with E-state index in [1.165, 1.54) is 11.9 Å². The number of carbonyl (C=O) groups is 5. The van der Waals surface area contributed by atoms with E-state index in [9.17, 15) is 24.0 Å². The monoisotopic (exact) mass is 655 g/mol. The van der Waals surface area contributed by atoms with Crippen molar-refractivity contribution in [1.29, 1.82) is 0 Å². The zero-order valence-corrected chi connectivity index (χ0v) is 28.4. The molecule has 5 rings (SSSR count). The van der Waals surface area contributed by atoms with E-state index in [1.54, 1.807) is 52.1 Å².